The van der Waals surface area contributed by atoms with Gasteiger partial charge < -0.3 is 10.1 Å². The van der Waals surface area contributed by atoms with Crippen molar-refractivity contribution in [3.05, 3.63) is 34.6 Å². The molecular weight excluding hydrogens is 345 g/mol. The molecule has 4 aliphatic carbocycles. The molecule has 134 valence electrons. The first-order valence-electron chi connectivity index (χ1n) is 8.86. The number of esters is 1. The summed E-state index contributed by atoms with van der Waals surface area (Å²) in [7, 11) is 0. The molecule has 0 aliphatic heterocycles. The number of hydrogen-bond acceptors (Lipinski definition) is 3. The van der Waals surface area contributed by atoms with Crippen molar-refractivity contribution >= 4 is 23.5 Å². The molecule has 1 aromatic rings. The van der Waals surface area contributed by atoms with Crippen LogP contribution >= 0.6 is 11.6 Å². The van der Waals surface area contributed by atoms with Crippen molar-refractivity contribution in [2.24, 2.45) is 17.8 Å². The summed E-state index contributed by atoms with van der Waals surface area (Å²) in [6.45, 7) is -0.396. The lowest BCUT2D eigenvalue weighted by molar-refractivity contribution is -0.130. The van der Waals surface area contributed by atoms with Gasteiger partial charge >= 0.3 is 5.97 Å². The first kappa shape index (κ1) is 16.8. The molecular formula is C19H21ClFNO3. The van der Waals surface area contributed by atoms with Crippen molar-refractivity contribution in [1.29, 1.82) is 0 Å². The summed E-state index contributed by atoms with van der Waals surface area (Å²) < 4.78 is 18.7. The molecule has 0 unspecified atom stereocenters. The van der Waals surface area contributed by atoms with Crippen LogP contribution in [0.15, 0.2) is 18.2 Å². The van der Waals surface area contributed by atoms with Gasteiger partial charge in [0, 0.05) is 10.6 Å². The molecule has 4 bridgehead atoms. The number of rotatable bonds is 4. The first-order chi connectivity index (χ1) is 11.9. The zero-order valence-electron chi connectivity index (χ0n) is 13.9. The Morgan fingerprint density at radius 3 is 2.36 bits per heavy atom. The van der Waals surface area contributed by atoms with Crippen LogP contribution in [0.1, 0.15) is 48.9 Å². The summed E-state index contributed by atoms with van der Waals surface area (Å²) in [5.41, 5.74) is -0.380. The molecule has 6 heteroatoms. The van der Waals surface area contributed by atoms with E-state index >= 15 is 0 Å². The van der Waals surface area contributed by atoms with E-state index in [1.807, 2.05) is 0 Å². The van der Waals surface area contributed by atoms with E-state index in [1.54, 1.807) is 0 Å². The van der Waals surface area contributed by atoms with Crippen molar-refractivity contribution in [2.75, 3.05) is 6.61 Å². The van der Waals surface area contributed by atoms with E-state index < -0.39 is 18.4 Å². The highest BCUT2D eigenvalue weighted by Gasteiger charge is 2.51. The van der Waals surface area contributed by atoms with Gasteiger partial charge in [-0.05, 0) is 74.5 Å². The summed E-state index contributed by atoms with van der Waals surface area (Å²) in [5.74, 6) is 0.258. The second-order valence-electron chi connectivity index (χ2n) is 7.95. The number of nitrogens with one attached hydrogen (secondary N) is 1. The fourth-order valence-corrected chi connectivity index (χ4v) is 5.63. The van der Waals surface area contributed by atoms with E-state index in [9.17, 15) is 14.0 Å². The van der Waals surface area contributed by atoms with Gasteiger partial charge in [-0.3, -0.25) is 4.79 Å². The lowest BCUT2D eigenvalue weighted by atomic mass is 9.53. The Hall–Kier alpha value is -1.62. The molecule has 5 rings (SSSR count). The lowest BCUT2D eigenvalue weighted by Gasteiger charge is -2.56. The number of carbonyl (C=O) groups is 2. The van der Waals surface area contributed by atoms with Gasteiger partial charge in [-0.2, -0.15) is 0 Å². The molecule has 0 spiro atoms. The van der Waals surface area contributed by atoms with Crippen LogP contribution in [-0.2, 0) is 9.53 Å². The number of halogens is 2. The molecule has 4 aliphatic rings. The highest BCUT2D eigenvalue weighted by atomic mass is 35.5. The molecule has 1 amide bonds. The van der Waals surface area contributed by atoms with E-state index in [2.05, 4.69) is 5.32 Å². The Labute approximate surface area is 151 Å². The van der Waals surface area contributed by atoms with Gasteiger partial charge in [-0.15, -0.1) is 0 Å². The zero-order valence-corrected chi connectivity index (χ0v) is 14.7. The van der Waals surface area contributed by atoms with Gasteiger partial charge in [-0.1, -0.05) is 11.6 Å². The van der Waals surface area contributed by atoms with Gasteiger partial charge in [0.15, 0.2) is 6.61 Å². The SMILES string of the molecule is O=C(COC(=O)c1cc(Cl)ccc1F)NC12CC3CC(CC(C3)C1)C2. The van der Waals surface area contributed by atoms with E-state index in [0.29, 0.717) is 0 Å². The van der Waals surface area contributed by atoms with Crippen LogP contribution in [0.3, 0.4) is 0 Å². The predicted molar refractivity (Wildman–Crippen MR) is 90.7 cm³/mol. The van der Waals surface area contributed by atoms with Crippen molar-refractivity contribution in [3.63, 3.8) is 0 Å². The maximum absolute atomic E-state index is 13.7. The molecule has 0 aromatic heterocycles. The summed E-state index contributed by atoms with van der Waals surface area (Å²) in [6.07, 6.45) is 6.96. The topological polar surface area (TPSA) is 55.4 Å². The Morgan fingerprint density at radius 2 is 1.76 bits per heavy atom. The first-order valence-corrected chi connectivity index (χ1v) is 9.23. The molecule has 4 saturated carbocycles. The lowest BCUT2D eigenvalue weighted by Crippen LogP contribution is -2.60. The second kappa shape index (κ2) is 6.27. The van der Waals surface area contributed by atoms with Gasteiger partial charge in [-0.25, -0.2) is 9.18 Å². The number of carbonyl (C=O) groups excluding carboxylic acids is 2. The molecule has 0 saturated heterocycles. The van der Waals surface area contributed by atoms with Crippen molar-refractivity contribution < 1.29 is 18.7 Å². The number of benzene rings is 1. The summed E-state index contributed by atoms with van der Waals surface area (Å²) in [6, 6.07) is 3.66. The van der Waals surface area contributed by atoms with Crippen LogP contribution in [0.4, 0.5) is 4.39 Å². The van der Waals surface area contributed by atoms with Crippen LogP contribution in [0, 0.1) is 23.6 Å². The zero-order chi connectivity index (χ0) is 17.6. The molecule has 1 aromatic carbocycles. The van der Waals surface area contributed by atoms with Crippen LogP contribution in [0.2, 0.25) is 5.02 Å². The Kier molecular flexibility index (Phi) is 4.22. The minimum absolute atomic E-state index is 0.125. The highest BCUT2D eigenvalue weighted by molar-refractivity contribution is 6.30. The maximum atomic E-state index is 13.7. The molecule has 1 N–H and O–H groups in total. The average molecular weight is 366 g/mol. The molecule has 0 radical (unpaired) electrons. The molecule has 4 fully saturated rings. The van der Waals surface area contributed by atoms with Gasteiger partial charge in [0.1, 0.15) is 5.82 Å². The minimum atomic E-state index is -0.874. The third-order valence-corrected chi connectivity index (χ3v) is 6.16. The molecule has 0 atom stereocenters. The minimum Gasteiger partial charge on any atom is -0.452 e. The predicted octanol–water partition coefficient (Wildman–Crippen LogP) is 3.72. The van der Waals surface area contributed by atoms with Crippen molar-refractivity contribution in [3.8, 4) is 0 Å². The molecule has 4 nitrogen and oxygen atoms in total. The number of ether oxygens (including phenoxy) is 1. The van der Waals surface area contributed by atoms with E-state index in [1.165, 1.54) is 31.4 Å². The van der Waals surface area contributed by atoms with E-state index in [0.717, 1.165) is 43.1 Å². The van der Waals surface area contributed by atoms with Crippen molar-refractivity contribution in [2.45, 2.75) is 44.1 Å². The van der Waals surface area contributed by atoms with Crippen LogP contribution in [0.5, 0.6) is 0 Å². The van der Waals surface area contributed by atoms with E-state index in [4.69, 9.17) is 16.3 Å². The smallest absolute Gasteiger partial charge is 0.341 e. The quantitative estimate of drug-likeness (QED) is 0.827. The van der Waals surface area contributed by atoms with Crippen LogP contribution in [0.25, 0.3) is 0 Å². The maximum Gasteiger partial charge on any atom is 0.341 e. The average Bonchev–Trinajstić information content (AvgIpc) is 2.53. The highest BCUT2D eigenvalue weighted by Crippen LogP contribution is 2.55. The number of amides is 1. The number of hydrogen-bond donors (Lipinski definition) is 1. The summed E-state index contributed by atoms with van der Waals surface area (Å²) in [5, 5.41) is 3.36. The van der Waals surface area contributed by atoms with Crippen LogP contribution < -0.4 is 5.32 Å². The van der Waals surface area contributed by atoms with Gasteiger partial charge in [0.05, 0.1) is 5.56 Å². The summed E-state index contributed by atoms with van der Waals surface area (Å²) in [4.78, 5) is 24.3. The Morgan fingerprint density at radius 1 is 1.16 bits per heavy atom. The second-order valence-corrected chi connectivity index (χ2v) is 8.38. The monoisotopic (exact) mass is 365 g/mol. The van der Waals surface area contributed by atoms with Crippen LogP contribution in [-0.4, -0.2) is 24.0 Å². The fourth-order valence-electron chi connectivity index (χ4n) is 5.46. The Balaban J connectivity index is 1.35. The van der Waals surface area contributed by atoms with Crippen molar-refractivity contribution in [1.82, 2.24) is 5.32 Å². The molecule has 25 heavy (non-hydrogen) atoms. The van der Waals surface area contributed by atoms with Gasteiger partial charge in [0.25, 0.3) is 5.91 Å². The third-order valence-electron chi connectivity index (χ3n) is 5.93. The fraction of sp³-hybridized carbons (Fsp3) is 0.579. The van der Waals surface area contributed by atoms with Gasteiger partial charge in [0.2, 0.25) is 0 Å². The Bertz CT molecular complexity index is 685. The largest absolute Gasteiger partial charge is 0.452 e. The van der Waals surface area contributed by atoms with E-state index in [-0.39, 0.29) is 22.0 Å². The molecule has 0 heterocycles. The standard InChI is InChI=1S/C19H21ClFNO3/c20-14-1-2-16(21)15(6-14)18(24)25-10-17(23)22-19-7-11-3-12(8-19)5-13(4-11)9-19/h1-2,6,11-13H,3-5,7-10H2,(H,22,23). The summed E-state index contributed by atoms with van der Waals surface area (Å²) >= 11 is 5.77. The third kappa shape index (κ3) is 3.39. The normalized spacial score (nSPS) is 32.5.